The van der Waals surface area contributed by atoms with Gasteiger partial charge in [0, 0.05) is 29.5 Å². The van der Waals surface area contributed by atoms with Crippen LogP contribution in [0.3, 0.4) is 0 Å². The molecule has 0 unspecified atom stereocenters. The Bertz CT molecular complexity index is 1340. The SMILES string of the molecule is COc1cc(OC)c([C@H]2CC(=O)Nc3c2c(C)nn3-c2ccc3nncn3n2)cc1OC. The van der Waals surface area contributed by atoms with Crippen molar-refractivity contribution in [2.45, 2.75) is 19.3 Å². The largest absolute Gasteiger partial charge is 0.496 e. The van der Waals surface area contributed by atoms with Crippen LogP contribution in [0.5, 0.6) is 17.2 Å². The van der Waals surface area contributed by atoms with Crippen molar-refractivity contribution < 1.29 is 19.0 Å². The van der Waals surface area contributed by atoms with Crippen molar-refractivity contribution >= 4 is 17.4 Å². The first-order valence-corrected chi connectivity index (χ1v) is 9.90. The third kappa shape index (κ3) is 3.01. The molecule has 1 N–H and O–H groups in total. The number of rotatable bonds is 5. The van der Waals surface area contributed by atoms with Crippen molar-refractivity contribution in [3.05, 3.63) is 47.4 Å². The summed E-state index contributed by atoms with van der Waals surface area (Å²) in [5.74, 6) is 2.38. The van der Waals surface area contributed by atoms with Crippen LogP contribution in [-0.2, 0) is 4.79 Å². The fourth-order valence-electron chi connectivity index (χ4n) is 4.14. The van der Waals surface area contributed by atoms with Gasteiger partial charge in [-0.3, -0.25) is 4.79 Å². The van der Waals surface area contributed by atoms with E-state index in [4.69, 9.17) is 14.2 Å². The predicted octanol–water partition coefficient (Wildman–Crippen LogP) is 2.12. The van der Waals surface area contributed by atoms with Gasteiger partial charge in [-0.1, -0.05) is 0 Å². The average Bonchev–Trinajstić information content (AvgIpc) is 3.41. The fourth-order valence-corrected chi connectivity index (χ4v) is 4.14. The molecule has 5 rings (SSSR count). The van der Waals surface area contributed by atoms with Crippen LogP contribution in [0.4, 0.5) is 5.82 Å². The highest BCUT2D eigenvalue weighted by molar-refractivity contribution is 5.95. The van der Waals surface area contributed by atoms with Gasteiger partial charge in [0.05, 0.1) is 27.0 Å². The number of methoxy groups -OCH3 is 3. The number of hydrogen-bond acceptors (Lipinski definition) is 8. The number of nitrogens with one attached hydrogen (secondary N) is 1. The summed E-state index contributed by atoms with van der Waals surface area (Å²) in [6.07, 6.45) is 1.75. The molecule has 0 fully saturated rings. The maximum Gasteiger partial charge on any atom is 0.226 e. The van der Waals surface area contributed by atoms with Crippen molar-refractivity contribution in [1.29, 1.82) is 0 Å². The number of hydrogen-bond donors (Lipinski definition) is 1. The van der Waals surface area contributed by atoms with Crippen LogP contribution in [0, 0.1) is 6.92 Å². The van der Waals surface area contributed by atoms with Crippen LogP contribution in [-0.4, -0.2) is 56.8 Å². The average molecular weight is 435 g/mol. The summed E-state index contributed by atoms with van der Waals surface area (Å²) in [4.78, 5) is 12.8. The molecule has 1 amide bonds. The first-order chi connectivity index (χ1) is 15.5. The zero-order valence-electron chi connectivity index (χ0n) is 18.0. The number of anilines is 1. The first-order valence-electron chi connectivity index (χ1n) is 9.90. The van der Waals surface area contributed by atoms with Crippen molar-refractivity contribution in [2.24, 2.45) is 0 Å². The third-order valence-electron chi connectivity index (χ3n) is 5.58. The lowest BCUT2D eigenvalue weighted by Gasteiger charge is -2.26. The Hall–Kier alpha value is -4.15. The van der Waals surface area contributed by atoms with E-state index < -0.39 is 0 Å². The van der Waals surface area contributed by atoms with Crippen LogP contribution in [0.2, 0.25) is 0 Å². The summed E-state index contributed by atoms with van der Waals surface area (Å²) in [5, 5.41) is 20.0. The lowest BCUT2D eigenvalue weighted by Crippen LogP contribution is -2.25. The van der Waals surface area contributed by atoms with E-state index in [-0.39, 0.29) is 18.2 Å². The molecule has 4 heterocycles. The summed E-state index contributed by atoms with van der Waals surface area (Å²) >= 11 is 0. The molecule has 0 saturated carbocycles. The third-order valence-corrected chi connectivity index (χ3v) is 5.58. The van der Waals surface area contributed by atoms with E-state index in [1.54, 1.807) is 48.7 Å². The zero-order chi connectivity index (χ0) is 22.4. The number of amides is 1. The van der Waals surface area contributed by atoms with Gasteiger partial charge in [0.15, 0.2) is 23.0 Å². The highest BCUT2D eigenvalue weighted by Gasteiger charge is 2.35. The van der Waals surface area contributed by atoms with Crippen LogP contribution < -0.4 is 19.5 Å². The van der Waals surface area contributed by atoms with E-state index in [2.05, 4.69) is 25.7 Å². The molecule has 11 heteroatoms. The van der Waals surface area contributed by atoms with E-state index in [1.807, 2.05) is 13.0 Å². The molecule has 1 aliphatic heterocycles. The minimum absolute atomic E-state index is 0.133. The second-order valence-electron chi connectivity index (χ2n) is 7.34. The summed E-state index contributed by atoms with van der Waals surface area (Å²) in [7, 11) is 4.73. The van der Waals surface area contributed by atoms with Gasteiger partial charge in [0.2, 0.25) is 5.91 Å². The minimum atomic E-state index is -0.291. The number of ether oxygens (including phenoxy) is 3. The number of carbonyl (C=O) groups is 1. The molecule has 0 aliphatic carbocycles. The molecular formula is C21H21N7O4. The zero-order valence-corrected chi connectivity index (χ0v) is 18.0. The van der Waals surface area contributed by atoms with Gasteiger partial charge in [0.25, 0.3) is 0 Å². The Morgan fingerprint density at radius 1 is 1.03 bits per heavy atom. The molecule has 0 saturated heterocycles. The Morgan fingerprint density at radius 2 is 1.78 bits per heavy atom. The fraction of sp³-hybridized carbons (Fsp3) is 0.286. The normalized spacial score (nSPS) is 15.4. The van der Waals surface area contributed by atoms with E-state index in [9.17, 15) is 4.79 Å². The summed E-state index contributed by atoms with van der Waals surface area (Å²) < 4.78 is 19.7. The van der Waals surface area contributed by atoms with Crippen molar-refractivity contribution in [3.8, 4) is 23.1 Å². The van der Waals surface area contributed by atoms with Crippen LogP contribution in [0.15, 0.2) is 30.6 Å². The molecule has 0 bridgehead atoms. The Kier molecular flexibility index (Phi) is 4.65. The molecular weight excluding hydrogens is 414 g/mol. The molecule has 1 aliphatic rings. The number of nitrogens with zero attached hydrogens (tertiary/aromatic N) is 6. The lowest BCUT2D eigenvalue weighted by atomic mass is 9.85. The molecule has 11 nitrogen and oxygen atoms in total. The Labute approximate surface area is 182 Å². The summed E-state index contributed by atoms with van der Waals surface area (Å²) in [6, 6.07) is 7.19. The number of carbonyl (C=O) groups excluding carboxylic acids is 1. The molecule has 32 heavy (non-hydrogen) atoms. The highest BCUT2D eigenvalue weighted by Crippen LogP contribution is 2.46. The monoisotopic (exact) mass is 435 g/mol. The maximum atomic E-state index is 12.8. The van der Waals surface area contributed by atoms with Gasteiger partial charge < -0.3 is 19.5 Å². The number of fused-ring (bicyclic) bond motifs is 2. The van der Waals surface area contributed by atoms with E-state index in [0.717, 1.165) is 16.8 Å². The number of aryl methyl sites for hydroxylation is 1. The Morgan fingerprint density at radius 3 is 2.53 bits per heavy atom. The van der Waals surface area contributed by atoms with Gasteiger partial charge >= 0.3 is 0 Å². The topological polar surface area (TPSA) is 118 Å². The Balaban J connectivity index is 1.68. The van der Waals surface area contributed by atoms with E-state index in [0.29, 0.717) is 34.5 Å². The molecule has 164 valence electrons. The quantitative estimate of drug-likeness (QED) is 0.507. The standard InChI is InChI=1S/C21H21N7O4/c1-11-20-13(12-7-15(31-3)16(32-4)9-14(12)30-2)8-19(29)23-21(20)28(25-11)18-6-5-17-24-22-10-27(17)26-18/h5-7,9-10,13H,8H2,1-4H3,(H,23,29)/t13-/m1/s1. The smallest absolute Gasteiger partial charge is 0.226 e. The summed E-state index contributed by atoms with van der Waals surface area (Å²) in [6.45, 7) is 1.91. The van der Waals surface area contributed by atoms with Gasteiger partial charge in [-0.2, -0.15) is 14.3 Å². The molecule has 4 aromatic rings. The van der Waals surface area contributed by atoms with Crippen LogP contribution >= 0.6 is 0 Å². The maximum absolute atomic E-state index is 12.8. The second-order valence-corrected chi connectivity index (χ2v) is 7.34. The molecule has 1 atom stereocenters. The van der Waals surface area contributed by atoms with Gasteiger partial charge in [-0.25, -0.2) is 0 Å². The molecule has 0 radical (unpaired) electrons. The van der Waals surface area contributed by atoms with E-state index in [1.165, 1.54) is 6.33 Å². The van der Waals surface area contributed by atoms with Gasteiger partial charge in [0.1, 0.15) is 17.9 Å². The first kappa shape index (κ1) is 19.8. The predicted molar refractivity (Wildman–Crippen MR) is 114 cm³/mol. The van der Waals surface area contributed by atoms with Gasteiger partial charge in [-0.15, -0.1) is 15.3 Å². The number of benzene rings is 1. The van der Waals surface area contributed by atoms with Gasteiger partial charge in [-0.05, 0) is 25.1 Å². The van der Waals surface area contributed by atoms with E-state index >= 15 is 0 Å². The summed E-state index contributed by atoms with van der Waals surface area (Å²) in [5.41, 5.74) is 3.09. The van der Waals surface area contributed by atoms with Crippen LogP contribution in [0.1, 0.15) is 29.2 Å². The molecule has 3 aromatic heterocycles. The van der Waals surface area contributed by atoms with Crippen LogP contribution in [0.25, 0.3) is 11.5 Å². The van der Waals surface area contributed by atoms with Crippen molar-refractivity contribution in [3.63, 3.8) is 0 Å². The highest BCUT2D eigenvalue weighted by atomic mass is 16.5. The van der Waals surface area contributed by atoms with Crippen molar-refractivity contribution in [1.82, 2.24) is 29.6 Å². The molecule has 0 spiro atoms. The molecule has 1 aromatic carbocycles. The minimum Gasteiger partial charge on any atom is -0.496 e. The number of aromatic nitrogens is 6. The lowest BCUT2D eigenvalue weighted by molar-refractivity contribution is -0.116. The van der Waals surface area contributed by atoms with Crippen molar-refractivity contribution in [2.75, 3.05) is 26.6 Å². The second kappa shape index (κ2) is 7.52.